The molecule has 1 aromatic heterocycles. The van der Waals surface area contributed by atoms with Crippen molar-refractivity contribution < 1.29 is 4.79 Å². The van der Waals surface area contributed by atoms with Crippen LogP contribution in [-0.2, 0) is 12.0 Å². The predicted molar refractivity (Wildman–Crippen MR) is 77.9 cm³/mol. The van der Waals surface area contributed by atoms with Gasteiger partial charge in [0, 0.05) is 5.39 Å². The highest BCUT2D eigenvalue weighted by Gasteiger charge is 2.48. The van der Waals surface area contributed by atoms with Gasteiger partial charge in [-0.1, -0.05) is 26.8 Å². The van der Waals surface area contributed by atoms with Crippen molar-refractivity contribution >= 4 is 16.8 Å². The summed E-state index contributed by atoms with van der Waals surface area (Å²) >= 11 is 0. The van der Waals surface area contributed by atoms with Crippen LogP contribution in [0.4, 0.5) is 0 Å². The lowest BCUT2D eigenvalue weighted by Gasteiger charge is -2.24. The van der Waals surface area contributed by atoms with Crippen LogP contribution in [0.25, 0.3) is 10.9 Å². The first-order chi connectivity index (χ1) is 9.38. The summed E-state index contributed by atoms with van der Waals surface area (Å²) in [6.07, 6.45) is 2.14. The minimum Gasteiger partial charge on any atom is -0.343 e. The molecule has 104 valence electrons. The molecule has 0 radical (unpaired) electrons. The molecular weight excluding hydrogens is 250 g/mol. The minimum absolute atomic E-state index is 0.00101. The number of nitrogens with one attached hydrogen (secondary N) is 1. The number of hydrogen-bond donors (Lipinski definition) is 1. The average Bonchev–Trinajstić information content (AvgIpc) is 2.98. The fourth-order valence-corrected chi connectivity index (χ4v) is 3.01. The molecule has 0 unspecified atom stereocenters. The van der Waals surface area contributed by atoms with E-state index in [1.807, 2.05) is 10.7 Å². The van der Waals surface area contributed by atoms with E-state index in [9.17, 15) is 4.79 Å². The minimum atomic E-state index is -0.00101. The Kier molecular flexibility index (Phi) is 2.05. The normalized spacial score (nSPS) is 20.1. The summed E-state index contributed by atoms with van der Waals surface area (Å²) in [5.74, 6) is 0.0299. The van der Waals surface area contributed by atoms with E-state index in [2.05, 4.69) is 43.3 Å². The summed E-state index contributed by atoms with van der Waals surface area (Å²) in [5.41, 5.74) is 2.95. The number of carbonyl (C=O) groups excluding carboxylic acids is 1. The Morgan fingerprint density at radius 3 is 2.70 bits per heavy atom. The highest BCUT2D eigenvalue weighted by atomic mass is 16.2. The fraction of sp³-hybridized carbons (Fsp3) is 0.500. The van der Waals surface area contributed by atoms with Gasteiger partial charge in [-0.25, -0.2) is 0 Å². The van der Waals surface area contributed by atoms with Gasteiger partial charge >= 0.3 is 0 Å². The van der Waals surface area contributed by atoms with Crippen LogP contribution in [0.5, 0.6) is 0 Å². The first-order valence-electron chi connectivity index (χ1n) is 7.22. The SMILES string of the molecule is CC(C)(C)c1ccc2nn3c(c2c1)C(=O)NC1(CC1)C3. The largest absolute Gasteiger partial charge is 0.343 e. The second kappa shape index (κ2) is 3.43. The molecule has 1 fully saturated rings. The molecule has 1 aliphatic carbocycles. The topological polar surface area (TPSA) is 46.9 Å². The molecule has 0 bridgehead atoms. The van der Waals surface area contributed by atoms with Crippen molar-refractivity contribution in [2.45, 2.75) is 51.1 Å². The van der Waals surface area contributed by atoms with Gasteiger partial charge < -0.3 is 5.32 Å². The molecule has 20 heavy (non-hydrogen) atoms. The molecule has 2 aliphatic rings. The highest BCUT2D eigenvalue weighted by Crippen LogP contribution is 2.40. The van der Waals surface area contributed by atoms with Crippen molar-refractivity contribution in [3.63, 3.8) is 0 Å². The van der Waals surface area contributed by atoms with Crippen LogP contribution >= 0.6 is 0 Å². The Labute approximate surface area is 118 Å². The Bertz CT molecular complexity index is 732. The van der Waals surface area contributed by atoms with Gasteiger partial charge in [0.25, 0.3) is 5.91 Å². The Morgan fingerprint density at radius 1 is 1.30 bits per heavy atom. The maximum atomic E-state index is 12.4. The molecule has 4 rings (SSSR count). The Hall–Kier alpha value is -1.84. The van der Waals surface area contributed by atoms with Gasteiger partial charge in [0.1, 0.15) is 5.69 Å². The van der Waals surface area contributed by atoms with Gasteiger partial charge in [-0.15, -0.1) is 0 Å². The third kappa shape index (κ3) is 1.60. The molecule has 2 aromatic rings. The van der Waals surface area contributed by atoms with Gasteiger partial charge in [0.15, 0.2) is 0 Å². The number of fused-ring (bicyclic) bond motifs is 3. The number of hydrogen-bond acceptors (Lipinski definition) is 2. The second-order valence-corrected chi connectivity index (χ2v) is 7.22. The predicted octanol–water partition coefficient (Wildman–Crippen LogP) is 2.61. The molecule has 1 aromatic carbocycles. The molecule has 4 heteroatoms. The zero-order valence-corrected chi connectivity index (χ0v) is 12.2. The Balaban J connectivity index is 1.92. The van der Waals surface area contributed by atoms with E-state index in [-0.39, 0.29) is 16.9 Å². The van der Waals surface area contributed by atoms with Crippen LogP contribution in [0.2, 0.25) is 0 Å². The van der Waals surface area contributed by atoms with E-state index in [1.165, 1.54) is 5.56 Å². The van der Waals surface area contributed by atoms with Crippen LogP contribution in [-0.4, -0.2) is 21.2 Å². The summed E-state index contributed by atoms with van der Waals surface area (Å²) in [7, 11) is 0. The lowest BCUT2D eigenvalue weighted by molar-refractivity contribution is 0.0889. The molecule has 1 saturated carbocycles. The molecule has 1 aliphatic heterocycles. The third-order valence-corrected chi connectivity index (χ3v) is 4.50. The van der Waals surface area contributed by atoms with Crippen molar-refractivity contribution in [1.29, 1.82) is 0 Å². The maximum absolute atomic E-state index is 12.4. The molecule has 1 spiro atoms. The Morgan fingerprint density at radius 2 is 2.05 bits per heavy atom. The first-order valence-corrected chi connectivity index (χ1v) is 7.22. The number of rotatable bonds is 0. The molecule has 1 amide bonds. The molecule has 0 atom stereocenters. The molecule has 1 N–H and O–H groups in total. The van der Waals surface area contributed by atoms with Crippen LogP contribution in [0.15, 0.2) is 18.2 Å². The number of carbonyl (C=O) groups is 1. The van der Waals surface area contributed by atoms with Crippen LogP contribution < -0.4 is 5.32 Å². The quantitative estimate of drug-likeness (QED) is 0.799. The highest BCUT2D eigenvalue weighted by molar-refractivity contribution is 6.06. The van der Waals surface area contributed by atoms with Crippen LogP contribution in [0, 0.1) is 0 Å². The monoisotopic (exact) mass is 269 g/mol. The number of benzene rings is 1. The van der Waals surface area contributed by atoms with E-state index in [1.54, 1.807) is 0 Å². The van der Waals surface area contributed by atoms with E-state index in [4.69, 9.17) is 0 Å². The van der Waals surface area contributed by atoms with Crippen molar-refractivity contribution in [3.05, 3.63) is 29.5 Å². The summed E-state index contributed by atoms with van der Waals surface area (Å²) < 4.78 is 1.91. The average molecular weight is 269 g/mol. The van der Waals surface area contributed by atoms with Crippen molar-refractivity contribution in [3.8, 4) is 0 Å². The summed E-state index contributed by atoms with van der Waals surface area (Å²) in [6, 6.07) is 6.28. The molecule has 2 heterocycles. The van der Waals surface area contributed by atoms with Gasteiger partial charge in [-0.2, -0.15) is 5.10 Å². The number of nitrogens with zero attached hydrogens (tertiary/aromatic N) is 2. The zero-order chi connectivity index (χ0) is 14.1. The first kappa shape index (κ1) is 11.9. The lowest BCUT2D eigenvalue weighted by atomic mass is 9.86. The van der Waals surface area contributed by atoms with E-state index >= 15 is 0 Å². The van der Waals surface area contributed by atoms with E-state index < -0.39 is 0 Å². The fourth-order valence-electron chi connectivity index (χ4n) is 3.01. The van der Waals surface area contributed by atoms with Crippen molar-refractivity contribution in [1.82, 2.24) is 15.1 Å². The van der Waals surface area contributed by atoms with Gasteiger partial charge in [0.2, 0.25) is 0 Å². The van der Waals surface area contributed by atoms with Crippen molar-refractivity contribution in [2.75, 3.05) is 0 Å². The number of aromatic nitrogens is 2. The molecular formula is C16H19N3O. The van der Waals surface area contributed by atoms with E-state index in [0.717, 1.165) is 36.0 Å². The molecule has 4 nitrogen and oxygen atoms in total. The summed E-state index contributed by atoms with van der Waals surface area (Å²) in [5, 5.41) is 8.76. The van der Waals surface area contributed by atoms with Crippen LogP contribution in [0.3, 0.4) is 0 Å². The van der Waals surface area contributed by atoms with Crippen LogP contribution in [0.1, 0.15) is 49.7 Å². The van der Waals surface area contributed by atoms with Gasteiger partial charge in [-0.3, -0.25) is 9.48 Å². The third-order valence-electron chi connectivity index (χ3n) is 4.50. The molecule has 0 saturated heterocycles. The number of amides is 1. The standard InChI is InChI=1S/C16H19N3O/c1-15(2,3)10-4-5-12-11(8-10)13-14(20)17-16(6-7-16)9-19(13)18-12/h4-5,8H,6-7,9H2,1-3H3,(H,17,20). The van der Waals surface area contributed by atoms with E-state index in [0.29, 0.717) is 0 Å². The van der Waals surface area contributed by atoms with Gasteiger partial charge in [0.05, 0.1) is 17.6 Å². The smallest absolute Gasteiger partial charge is 0.270 e. The lowest BCUT2D eigenvalue weighted by Crippen LogP contribution is -2.46. The maximum Gasteiger partial charge on any atom is 0.270 e. The van der Waals surface area contributed by atoms with Crippen molar-refractivity contribution in [2.24, 2.45) is 0 Å². The summed E-state index contributed by atoms with van der Waals surface area (Å²) in [4.78, 5) is 12.4. The second-order valence-electron chi connectivity index (χ2n) is 7.22. The zero-order valence-electron chi connectivity index (χ0n) is 12.2. The van der Waals surface area contributed by atoms with Gasteiger partial charge in [-0.05, 0) is 36.0 Å². The summed E-state index contributed by atoms with van der Waals surface area (Å²) in [6.45, 7) is 7.36.